The fourth-order valence-corrected chi connectivity index (χ4v) is 3.60. The van der Waals surface area contributed by atoms with Crippen molar-refractivity contribution in [2.45, 2.75) is 10.6 Å². The lowest BCUT2D eigenvalue weighted by molar-refractivity contribution is -0.131. The van der Waals surface area contributed by atoms with Gasteiger partial charge in [-0.15, -0.1) is 23.1 Å². The minimum atomic E-state index is -0.928. The Morgan fingerprint density at radius 3 is 2.95 bits per heavy atom. The highest BCUT2D eigenvalue weighted by Crippen LogP contribution is 2.28. The van der Waals surface area contributed by atoms with Crippen molar-refractivity contribution in [2.75, 3.05) is 0 Å². The van der Waals surface area contributed by atoms with Crippen LogP contribution in [0.3, 0.4) is 0 Å². The molecule has 0 bridgehead atoms. The molecule has 2 aromatic rings. The van der Waals surface area contributed by atoms with Gasteiger partial charge in [-0.1, -0.05) is 17.7 Å². The van der Waals surface area contributed by atoms with Gasteiger partial charge in [-0.2, -0.15) is 0 Å². The largest absolute Gasteiger partial charge is 0.478 e. The Balaban J connectivity index is 1.95. The second-order valence-corrected chi connectivity index (χ2v) is 6.41. The molecule has 2 rings (SSSR count). The molecule has 98 valence electrons. The second-order valence-electron chi connectivity index (χ2n) is 3.72. The van der Waals surface area contributed by atoms with E-state index in [1.807, 2.05) is 36.4 Å². The van der Waals surface area contributed by atoms with Crippen LogP contribution in [0.2, 0.25) is 5.02 Å². The molecule has 0 aliphatic heterocycles. The number of benzene rings is 1. The Bertz CT molecular complexity index is 605. The molecule has 19 heavy (non-hydrogen) atoms. The first-order chi connectivity index (χ1) is 9.13. The predicted octanol–water partition coefficient (Wildman–Crippen LogP) is 4.79. The lowest BCUT2D eigenvalue weighted by atomic mass is 10.4. The van der Waals surface area contributed by atoms with Crippen LogP contribution < -0.4 is 0 Å². The summed E-state index contributed by atoms with van der Waals surface area (Å²) in [6.45, 7) is 0. The fourth-order valence-electron chi connectivity index (χ4n) is 1.43. The van der Waals surface area contributed by atoms with Crippen LogP contribution in [0.5, 0.6) is 0 Å². The van der Waals surface area contributed by atoms with Crippen LogP contribution in [0, 0.1) is 0 Å². The highest BCUT2D eigenvalue weighted by atomic mass is 35.5. The van der Waals surface area contributed by atoms with Crippen LogP contribution in [-0.4, -0.2) is 11.1 Å². The highest BCUT2D eigenvalue weighted by molar-refractivity contribution is 7.98. The zero-order valence-corrected chi connectivity index (χ0v) is 12.3. The van der Waals surface area contributed by atoms with E-state index in [0.717, 1.165) is 26.6 Å². The second kappa shape index (κ2) is 6.80. The Labute approximate surface area is 124 Å². The van der Waals surface area contributed by atoms with E-state index in [2.05, 4.69) is 0 Å². The van der Waals surface area contributed by atoms with Crippen LogP contribution in [0.25, 0.3) is 6.08 Å². The number of hydrogen-bond acceptors (Lipinski definition) is 3. The van der Waals surface area contributed by atoms with E-state index >= 15 is 0 Å². The fraction of sp³-hybridized carbons (Fsp3) is 0.0714. The SMILES string of the molecule is O=C(O)C=Cc1ccc(CSc2cccc(Cl)c2)s1. The van der Waals surface area contributed by atoms with E-state index in [1.54, 1.807) is 29.2 Å². The minimum Gasteiger partial charge on any atom is -0.478 e. The van der Waals surface area contributed by atoms with Crippen molar-refractivity contribution in [1.82, 2.24) is 0 Å². The summed E-state index contributed by atoms with van der Waals surface area (Å²) in [4.78, 5) is 13.7. The molecule has 0 saturated carbocycles. The highest BCUT2D eigenvalue weighted by Gasteiger charge is 2.01. The molecule has 2 nitrogen and oxygen atoms in total. The third-order valence-electron chi connectivity index (χ3n) is 2.25. The first-order valence-electron chi connectivity index (χ1n) is 5.51. The number of rotatable bonds is 5. The molecule has 0 amide bonds. The van der Waals surface area contributed by atoms with Crippen molar-refractivity contribution < 1.29 is 9.90 Å². The number of carboxylic acids is 1. The van der Waals surface area contributed by atoms with Crippen molar-refractivity contribution in [3.63, 3.8) is 0 Å². The average molecular weight is 311 g/mol. The van der Waals surface area contributed by atoms with Gasteiger partial charge in [0.2, 0.25) is 0 Å². The normalized spacial score (nSPS) is 11.0. The van der Waals surface area contributed by atoms with E-state index in [9.17, 15) is 4.79 Å². The molecule has 0 unspecified atom stereocenters. The summed E-state index contributed by atoms with van der Waals surface area (Å²) in [5.41, 5.74) is 0. The third-order valence-corrected chi connectivity index (χ3v) is 4.76. The molecule has 0 fully saturated rings. The van der Waals surface area contributed by atoms with Crippen LogP contribution >= 0.6 is 34.7 Å². The Kier molecular flexibility index (Phi) is 5.07. The van der Waals surface area contributed by atoms with Crippen molar-refractivity contribution in [3.8, 4) is 0 Å². The monoisotopic (exact) mass is 310 g/mol. The average Bonchev–Trinajstić information content (AvgIpc) is 2.82. The Morgan fingerprint density at radius 1 is 1.37 bits per heavy atom. The standard InChI is InChI=1S/C14H11ClO2S2/c15-10-2-1-3-12(8-10)18-9-13-5-4-11(19-13)6-7-14(16)17/h1-8H,9H2,(H,16,17). The molecule has 0 aliphatic rings. The zero-order valence-electron chi connectivity index (χ0n) is 9.88. The van der Waals surface area contributed by atoms with Gasteiger partial charge < -0.3 is 5.11 Å². The number of halogens is 1. The maximum atomic E-state index is 10.4. The van der Waals surface area contributed by atoms with Crippen LogP contribution in [-0.2, 0) is 10.5 Å². The molecule has 0 saturated heterocycles. The maximum Gasteiger partial charge on any atom is 0.328 e. The van der Waals surface area contributed by atoms with Gasteiger partial charge in [0.25, 0.3) is 0 Å². The molecule has 0 atom stereocenters. The molecule has 0 radical (unpaired) electrons. The lowest BCUT2D eigenvalue weighted by Crippen LogP contribution is -1.84. The number of hydrogen-bond donors (Lipinski definition) is 1. The van der Waals surface area contributed by atoms with Crippen molar-refractivity contribution in [3.05, 3.63) is 57.3 Å². The van der Waals surface area contributed by atoms with E-state index in [-0.39, 0.29) is 0 Å². The number of thiophene rings is 1. The number of carboxylic acid groups (broad SMARTS) is 1. The molecule has 1 N–H and O–H groups in total. The van der Waals surface area contributed by atoms with Gasteiger partial charge in [0.15, 0.2) is 0 Å². The summed E-state index contributed by atoms with van der Waals surface area (Å²) in [7, 11) is 0. The van der Waals surface area contributed by atoms with Gasteiger partial charge in [-0.25, -0.2) is 4.79 Å². The summed E-state index contributed by atoms with van der Waals surface area (Å²) in [5, 5.41) is 9.30. The van der Waals surface area contributed by atoms with Crippen molar-refractivity contribution >= 4 is 46.7 Å². The van der Waals surface area contributed by atoms with Gasteiger partial charge in [-0.3, -0.25) is 0 Å². The van der Waals surface area contributed by atoms with E-state index in [4.69, 9.17) is 16.7 Å². The summed E-state index contributed by atoms with van der Waals surface area (Å²) < 4.78 is 0. The maximum absolute atomic E-state index is 10.4. The van der Waals surface area contributed by atoms with Gasteiger partial charge in [0.1, 0.15) is 0 Å². The van der Waals surface area contributed by atoms with Crippen LogP contribution in [0.4, 0.5) is 0 Å². The van der Waals surface area contributed by atoms with Crippen molar-refractivity contribution in [2.24, 2.45) is 0 Å². The summed E-state index contributed by atoms with van der Waals surface area (Å²) in [6.07, 6.45) is 2.76. The Hall–Kier alpha value is -1.23. The number of thioether (sulfide) groups is 1. The summed E-state index contributed by atoms with van der Waals surface area (Å²) in [5.74, 6) is -0.0744. The lowest BCUT2D eigenvalue weighted by Gasteiger charge is -1.99. The smallest absolute Gasteiger partial charge is 0.328 e. The quantitative estimate of drug-likeness (QED) is 0.637. The number of carbonyl (C=O) groups is 1. The summed E-state index contributed by atoms with van der Waals surface area (Å²) >= 11 is 9.23. The Morgan fingerprint density at radius 2 is 2.21 bits per heavy atom. The molecule has 1 heterocycles. The first-order valence-corrected chi connectivity index (χ1v) is 7.69. The molecular weight excluding hydrogens is 300 g/mol. The predicted molar refractivity (Wildman–Crippen MR) is 82.0 cm³/mol. The van der Waals surface area contributed by atoms with Gasteiger partial charge >= 0.3 is 5.97 Å². The van der Waals surface area contributed by atoms with E-state index < -0.39 is 5.97 Å². The molecule has 1 aromatic carbocycles. The first kappa shape index (κ1) is 14.2. The molecule has 5 heteroatoms. The summed E-state index contributed by atoms with van der Waals surface area (Å²) in [6, 6.07) is 11.7. The van der Waals surface area contributed by atoms with Gasteiger partial charge in [0.05, 0.1) is 0 Å². The zero-order chi connectivity index (χ0) is 13.7. The van der Waals surface area contributed by atoms with E-state index in [0.29, 0.717) is 0 Å². The van der Waals surface area contributed by atoms with Gasteiger partial charge in [-0.05, 0) is 36.4 Å². The molecule has 1 aromatic heterocycles. The minimum absolute atomic E-state index is 0.737. The van der Waals surface area contributed by atoms with E-state index in [1.165, 1.54) is 4.88 Å². The van der Waals surface area contributed by atoms with Crippen molar-refractivity contribution in [1.29, 1.82) is 0 Å². The molecule has 0 aliphatic carbocycles. The molecular formula is C14H11ClO2S2. The van der Waals surface area contributed by atoms with Crippen LogP contribution in [0.1, 0.15) is 9.75 Å². The van der Waals surface area contributed by atoms with Gasteiger partial charge in [0, 0.05) is 31.5 Å². The number of aliphatic carboxylic acids is 1. The molecule has 0 spiro atoms. The third kappa shape index (κ3) is 4.74. The van der Waals surface area contributed by atoms with Crippen LogP contribution in [0.15, 0.2) is 47.4 Å². The topological polar surface area (TPSA) is 37.3 Å².